The second-order valence-corrected chi connectivity index (χ2v) is 7.60. The van der Waals surface area contributed by atoms with Crippen molar-refractivity contribution in [1.82, 2.24) is 9.55 Å². The third-order valence-corrected chi connectivity index (χ3v) is 5.70. The molecule has 3 unspecified atom stereocenters. The van der Waals surface area contributed by atoms with Crippen molar-refractivity contribution >= 4 is 40.2 Å². The molecule has 0 bridgehead atoms. The summed E-state index contributed by atoms with van der Waals surface area (Å²) in [6.45, 7) is 1.94. The van der Waals surface area contributed by atoms with Crippen LogP contribution >= 0.6 is 23.2 Å². The number of anilines is 1. The quantitative estimate of drug-likeness (QED) is 0.789. The summed E-state index contributed by atoms with van der Waals surface area (Å²) in [5, 5.41) is 26.0. The van der Waals surface area contributed by atoms with Gasteiger partial charge in [0.15, 0.2) is 5.72 Å². The zero-order valence-corrected chi connectivity index (χ0v) is 14.3. The molecular formula is C16H19Cl2N3O2. The van der Waals surface area contributed by atoms with Gasteiger partial charge in [-0.15, -0.1) is 0 Å². The molecule has 0 saturated heterocycles. The van der Waals surface area contributed by atoms with Crippen molar-refractivity contribution in [2.45, 2.75) is 50.5 Å². The van der Waals surface area contributed by atoms with Crippen molar-refractivity contribution in [3.05, 3.63) is 22.2 Å². The van der Waals surface area contributed by atoms with Crippen molar-refractivity contribution in [1.29, 1.82) is 0 Å². The summed E-state index contributed by atoms with van der Waals surface area (Å²) in [4.78, 5) is 4.58. The summed E-state index contributed by atoms with van der Waals surface area (Å²) >= 11 is 12.3. The van der Waals surface area contributed by atoms with Crippen LogP contribution < -0.4 is 5.32 Å². The van der Waals surface area contributed by atoms with Crippen LogP contribution in [0.3, 0.4) is 0 Å². The summed E-state index contributed by atoms with van der Waals surface area (Å²) in [5.74, 6) is 0.588. The number of nitrogens with zero attached hydrogens (tertiary/aromatic N) is 2. The summed E-state index contributed by atoms with van der Waals surface area (Å²) < 4.78 is 1.71. The summed E-state index contributed by atoms with van der Waals surface area (Å²) in [6.07, 6.45) is 2.54. The van der Waals surface area contributed by atoms with E-state index in [2.05, 4.69) is 10.3 Å². The number of aliphatic hydroxyl groups is 2. The average molecular weight is 356 g/mol. The van der Waals surface area contributed by atoms with E-state index >= 15 is 0 Å². The van der Waals surface area contributed by atoms with Crippen molar-refractivity contribution in [3.8, 4) is 0 Å². The maximum absolute atomic E-state index is 11.2. The molecule has 3 atom stereocenters. The number of fused-ring (bicyclic) bond motifs is 1. The van der Waals surface area contributed by atoms with E-state index in [4.69, 9.17) is 23.2 Å². The van der Waals surface area contributed by atoms with Crippen LogP contribution in [0.25, 0.3) is 11.0 Å². The van der Waals surface area contributed by atoms with Crippen LogP contribution in [0.4, 0.5) is 5.95 Å². The normalized spacial score (nSPS) is 31.0. The van der Waals surface area contributed by atoms with Crippen molar-refractivity contribution in [2.24, 2.45) is 5.92 Å². The Labute approximate surface area is 144 Å². The Hall–Kier alpha value is -1.01. The highest BCUT2D eigenvalue weighted by molar-refractivity contribution is 6.42. The minimum Gasteiger partial charge on any atom is -0.388 e. The number of hydrogen-bond acceptors (Lipinski definition) is 4. The lowest BCUT2D eigenvalue weighted by atomic mass is 10.0. The summed E-state index contributed by atoms with van der Waals surface area (Å²) in [7, 11) is 0. The van der Waals surface area contributed by atoms with Gasteiger partial charge in [0.1, 0.15) is 6.10 Å². The Balaban J connectivity index is 1.93. The molecule has 5 nitrogen and oxygen atoms in total. The molecule has 0 aliphatic heterocycles. The van der Waals surface area contributed by atoms with Gasteiger partial charge in [0.2, 0.25) is 5.95 Å². The Morgan fingerprint density at radius 3 is 2.57 bits per heavy atom. The lowest BCUT2D eigenvalue weighted by Gasteiger charge is -2.31. The Morgan fingerprint density at radius 1 is 1.26 bits per heavy atom. The Kier molecular flexibility index (Phi) is 3.54. The number of imidazole rings is 1. The first-order chi connectivity index (χ1) is 10.9. The second-order valence-electron chi connectivity index (χ2n) is 6.78. The average Bonchev–Trinajstić information content (AvgIpc) is 3.20. The lowest BCUT2D eigenvalue weighted by molar-refractivity contribution is -0.120. The molecule has 3 N–H and O–H groups in total. The van der Waals surface area contributed by atoms with E-state index in [1.807, 2.05) is 6.92 Å². The second kappa shape index (κ2) is 5.24. The van der Waals surface area contributed by atoms with E-state index in [9.17, 15) is 10.2 Å². The van der Waals surface area contributed by atoms with Gasteiger partial charge in [-0.1, -0.05) is 30.1 Å². The molecule has 2 fully saturated rings. The zero-order valence-electron chi connectivity index (χ0n) is 12.8. The number of hydrogen-bond donors (Lipinski definition) is 3. The molecule has 23 heavy (non-hydrogen) atoms. The molecule has 2 aliphatic rings. The summed E-state index contributed by atoms with van der Waals surface area (Å²) in [5.41, 5.74) is -0.0522. The molecule has 0 spiro atoms. The smallest absolute Gasteiger partial charge is 0.206 e. The first-order valence-corrected chi connectivity index (χ1v) is 8.70. The van der Waals surface area contributed by atoms with Gasteiger partial charge in [-0.3, -0.25) is 4.57 Å². The van der Waals surface area contributed by atoms with E-state index in [-0.39, 0.29) is 5.92 Å². The topological polar surface area (TPSA) is 70.3 Å². The molecule has 2 aromatic rings. The third kappa shape index (κ3) is 2.41. The Morgan fingerprint density at radius 2 is 1.96 bits per heavy atom. The molecule has 2 saturated carbocycles. The number of halogens is 2. The van der Waals surface area contributed by atoms with E-state index in [1.54, 1.807) is 16.7 Å². The van der Waals surface area contributed by atoms with Crippen LogP contribution in [0.5, 0.6) is 0 Å². The molecule has 1 heterocycles. The van der Waals surface area contributed by atoms with E-state index in [0.717, 1.165) is 19.3 Å². The maximum Gasteiger partial charge on any atom is 0.206 e. The summed E-state index contributed by atoms with van der Waals surface area (Å²) in [6, 6.07) is 3.77. The largest absolute Gasteiger partial charge is 0.388 e. The number of benzene rings is 1. The highest BCUT2D eigenvalue weighted by Gasteiger charge is 2.48. The highest BCUT2D eigenvalue weighted by atomic mass is 35.5. The zero-order chi connectivity index (χ0) is 16.4. The van der Waals surface area contributed by atoms with Gasteiger partial charge >= 0.3 is 0 Å². The Bertz CT molecular complexity index is 774. The molecular weight excluding hydrogens is 337 g/mol. The first-order valence-electron chi connectivity index (χ1n) is 7.95. The van der Waals surface area contributed by atoms with E-state index in [1.165, 1.54) is 0 Å². The van der Waals surface area contributed by atoms with Gasteiger partial charge in [-0.2, -0.15) is 0 Å². The van der Waals surface area contributed by atoms with Gasteiger partial charge in [0, 0.05) is 6.04 Å². The highest BCUT2D eigenvalue weighted by Crippen LogP contribution is 2.43. The van der Waals surface area contributed by atoms with Crippen LogP contribution in [0.15, 0.2) is 12.1 Å². The van der Waals surface area contributed by atoms with Crippen LogP contribution in [-0.4, -0.2) is 31.9 Å². The van der Waals surface area contributed by atoms with Gasteiger partial charge in [0.05, 0.1) is 21.1 Å². The van der Waals surface area contributed by atoms with Crippen LogP contribution in [0, 0.1) is 5.92 Å². The number of nitrogens with one attached hydrogen (secondary N) is 1. The van der Waals surface area contributed by atoms with Crippen molar-refractivity contribution < 1.29 is 10.2 Å². The molecule has 1 aromatic carbocycles. The number of rotatable bonds is 3. The molecule has 7 heteroatoms. The predicted molar refractivity (Wildman–Crippen MR) is 91.0 cm³/mol. The van der Waals surface area contributed by atoms with Crippen LogP contribution in [-0.2, 0) is 5.72 Å². The molecule has 1 aromatic heterocycles. The standard InChI is InChI=1S/C16H19Cl2N3O2/c1-8-4-5-16(23,14(8)22)21-13-7-11(18)10(17)6-12(13)20-15(21)19-9-2-3-9/h6-9,14,22-23H,2-5H2,1H3,(H,19,20). The molecule has 0 radical (unpaired) electrons. The van der Waals surface area contributed by atoms with Gasteiger partial charge in [0.25, 0.3) is 0 Å². The van der Waals surface area contributed by atoms with Gasteiger partial charge in [-0.05, 0) is 43.7 Å². The molecule has 0 amide bonds. The predicted octanol–water partition coefficient (Wildman–Crippen LogP) is 3.35. The molecule has 4 rings (SSSR count). The van der Waals surface area contributed by atoms with Crippen LogP contribution in [0.2, 0.25) is 10.0 Å². The lowest BCUT2D eigenvalue weighted by Crippen LogP contribution is -2.43. The first kappa shape index (κ1) is 15.5. The van der Waals surface area contributed by atoms with Crippen molar-refractivity contribution in [3.63, 3.8) is 0 Å². The number of aliphatic hydroxyl groups excluding tert-OH is 1. The molecule has 2 aliphatic carbocycles. The van der Waals surface area contributed by atoms with Crippen molar-refractivity contribution in [2.75, 3.05) is 5.32 Å². The number of aromatic nitrogens is 2. The monoisotopic (exact) mass is 355 g/mol. The van der Waals surface area contributed by atoms with E-state index in [0.29, 0.717) is 39.5 Å². The fraction of sp³-hybridized carbons (Fsp3) is 0.562. The SMILES string of the molecule is CC1CCC(O)(n2c(NC3CC3)nc3cc(Cl)c(Cl)cc32)C1O. The van der Waals surface area contributed by atoms with Gasteiger partial charge < -0.3 is 15.5 Å². The fourth-order valence-electron chi connectivity index (χ4n) is 3.42. The minimum atomic E-state index is -1.39. The third-order valence-electron chi connectivity index (χ3n) is 4.97. The minimum absolute atomic E-state index is 0.0222. The van der Waals surface area contributed by atoms with E-state index < -0.39 is 11.8 Å². The molecule has 124 valence electrons. The van der Waals surface area contributed by atoms with Crippen LogP contribution in [0.1, 0.15) is 32.6 Å². The van der Waals surface area contributed by atoms with Gasteiger partial charge in [-0.25, -0.2) is 4.98 Å². The maximum atomic E-state index is 11.2. The fourth-order valence-corrected chi connectivity index (χ4v) is 3.73.